The topological polar surface area (TPSA) is 59.6 Å². The Balaban J connectivity index is 1.54. The van der Waals surface area contributed by atoms with Gasteiger partial charge < -0.3 is 20.1 Å². The Bertz CT molecular complexity index is 541. The summed E-state index contributed by atoms with van der Waals surface area (Å²) >= 11 is 0. The maximum atomic E-state index is 14.1. The van der Waals surface area contributed by atoms with Crippen LogP contribution in [-0.4, -0.2) is 37.9 Å². The van der Waals surface area contributed by atoms with Gasteiger partial charge in [-0.15, -0.1) is 0 Å². The molecule has 3 rings (SSSR count). The first-order chi connectivity index (χ1) is 11.2. The molecule has 2 fully saturated rings. The van der Waals surface area contributed by atoms with Crippen molar-refractivity contribution < 1.29 is 18.7 Å². The highest BCUT2D eigenvalue weighted by Gasteiger charge is 2.22. The van der Waals surface area contributed by atoms with Gasteiger partial charge in [0.25, 0.3) is 5.91 Å². The van der Waals surface area contributed by atoms with Gasteiger partial charge in [0.1, 0.15) is 11.9 Å². The minimum absolute atomic E-state index is 0.150. The van der Waals surface area contributed by atoms with E-state index in [9.17, 15) is 9.18 Å². The minimum Gasteiger partial charge on any atom is -0.380 e. The first-order valence-electron chi connectivity index (χ1n) is 8.30. The second kappa shape index (κ2) is 7.75. The van der Waals surface area contributed by atoms with Gasteiger partial charge in [0.2, 0.25) is 0 Å². The molecule has 0 bridgehead atoms. The monoisotopic (exact) mass is 322 g/mol. The van der Waals surface area contributed by atoms with E-state index in [4.69, 9.17) is 9.47 Å². The molecule has 0 aliphatic carbocycles. The van der Waals surface area contributed by atoms with Crippen LogP contribution in [0.3, 0.4) is 0 Å². The molecule has 2 aliphatic heterocycles. The molecule has 5 nitrogen and oxygen atoms in total. The molecule has 23 heavy (non-hydrogen) atoms. The Labute approximate surface area is 135 Å². The Hall–Kier alpha value is -1.66. The first kappa shape index (κ1) is 16.2. The van der Waals surface area contributed by atoms with E-state index < -0.39 is 6.10 Å². The molecular formula is C17H23FN2O3. The van der Waals surface area contributed by atoms with Crippen LogP contribution in [0.25, 0.3) is 0 Å². The molecule has 0 spiro atoms. The standard InChI is InChI=1S/C17H23FN2O3/c18-14-10-12(20-17(21)16-5-1-2-8-23-16)6-7-15(14)19-11-13-4-3-9-22-13/h6-7,10,13,16,19H,1-5,8-9,11H2,(H,20,21). The molecule has 126 valence electrons. The van der Waals surface area contributed by atoms with Gasteiger partial charge in [-0.05, 0) is 50.3 Å². The van der Waals surface area contributed by atoms with Gasteiger partial charge in [0, 0.05) is 25.4 Å². The average molecular weight is 322 g/mol. The normalized spacial score (nSPS) is 24.4. The van der Waals surface area contributed by atoms with E-state index in [-0.39, 0.29) is 17.8 Å². The summed E-state index contributed by atoms with van der Waals surface area (Å²) in [4.78, 5) is 12.1. The average Bonchev–Trinajstić information content (AvgIpc) is 3.08. The zero-order chi connectivity index (χ0) is 16.1. The number of carbonyl (C=O) groups is 1. The molecular weight excluding hydrogens is 299 g/mol. The number of carbonyl (C=O) groups excluding carboxylic acids is 1. The van der Waals surface area contributed by atoms with Crippen molar-refractivity contribution in [1.82, 2.24) is 0 Å². The zero-order valence-corrected chi connectivity index (χ0v) is 13.1. The predicted octanol–water partition coefficient (Wildman–Crippen LogP) is 2.92. The third kappa shape index (κ3) is 4.42. The molecule has 0 radical (unpaired) electrons. The fourth-order valence-electron chi connectivity index (χ4n) is 2.94. The molecule has 1 aromatic rings. The molecule has 0 aromatic heterocycles. The molecule has 0 saturated carbocycles. The second-order valence-electron chi connectivity index (χ2n) is 6.06. The lowest BCUT2D eigenvalue weighted by atomic mass is 10.1. The number of anilines is 2. The van der Waals surface area contributed by atoms with Crippen molar-refractivity contribution in [3.63, 3.8) is 0 Å². The lowest BCUT2D eigenvalue weighted by Crippen LogP contribution is -2.33. The largest absolute Gasteiger partial charge is 0.380 e. The van der Waals surface area contributed by atoms with Crippen molar-refractivity contribution in [3.05, 3.63) is 24.0 Å². The Morgan fingerprint density at radius 1 is 1.17 bits per heavy atom. The third-order valence-electron chi connectivity index (χ3n) is 4.25. The molecule has 1 amide bonds. The first-order valence-corrected chi connectivity index (χ1v) is 8.30. The lowest BCUT2D eigenvalue weighted by molar-refractivity contribution is -0.129. The van der Waals surface area contributed by atoms with Gasteiger partial charge in [-0.1, -0.05) is 0 Å². The number of hydrogen-bond donors (Lipinski definition) is 2. The summed E-state index contributed by atoms with van der Waals surface area (Å²) in [5, 5.41) is 5.78. The van der Waals surface area contributed by atoms with Gasteiger partial charge in [0.15, 0.2) is 0 Å². The van der Waals surface area contributed by atoms with Crippen LogP contribution in [0, 0.1) is 5.82 Å². The summed E-state index contributed by atoms with van der Waals surface area (Å²) in [5.41, 5.74) is 0.872. The molecule has 2 saturated heterocycles. The number of amides is 1. The van der Waals surface area contributed by atoms with Crippen LogP contribution in [0.2, 0.25) is 0 Å². The summed E-state index contributed by atoms with van der Waals surface area (Å²) in [6.45, 7) is 1.99. The Morgan fingerprint density at radius 3 is 2.74 bits per heavy atom. The van der Waals surface area contributed by atoms with Gasteiger partial charge in [-0.3, -0.25) is 4.79 Å². The predicted molar refractivity (Wildman–Crippen MR) is 86.1 cm³/mol. The van der Waals surface area contributed by atoms with Crippen LogP contribution in [0.4, 0.5) is 15.8 Å². The number of ether oxygens (including phenoxy) is 2. The summed E-state index contributed by atoms with van der Waals surface area (Å²) in [6.07, 6.45) is 4.48. The highest BCUT2D eigenvalue weighted by atomic mass is 19.1. The van der Waals surface area contributed by atoms with Crippen molar-refractivity contribution in [3.8, 4) is 0 Å². The van der Waals surface area contributed by atoms with Crippen molar-refractivity contribution in [2.75, 3.05) is 30.4 Å². The third-order valence-corrected chi connectivity index (χ3v) is 4.25. The quantitative estimate of drug-likeness (QED) is 0.875. The van der Waals surface area contributed by atoms with Crippen molar-refractivity contribution >= 4 is 17.3 Å². The fourth-order valence-corrected chi connectivity index (χ4v) is 2.94. The Kier molecular flexibility index (Phi) is 5.46. The van der Waals surface area contributed by atoms with E-state index in [0.717, 1.165) is 38.7 Å². The van der Waals surface area contributed by atoms with Crippen LogP contribution >= 0.6 is 0 Å². The number of halogens is 1. The van der Waals surface area contributed by atoms with Crippen LogP contribution < -0.4 is 10.6 Å². The van der Waals surface area contributed by atoms with Gasteiger partial charge in [-0.25, -0.2) is 4.39 Å². The van der Waals surface area contributed by atoms with Crippen molar-refractivity contribution in [1.29, 1.82) is 0 Å². The highest BCUT2D eigenvalue weighted by Crippen LogP contribution is 2.21. The molecule has 2 unspecified atom stereocenters. The van der Waals surface area contributed by atoms with Crippen molar-refractivity contribution in [2.45, 2.75) is 44.3 Å². The number of benzene rings is 1. The zero-order valence-electron chi connectivity index (χ0n) is 13.1. The van der Waals surface area contributed by atoms with E-state index in [1.165, 1.54) is 6.07 Å². The van der Waals surface area contributed by atoms with Crippen LogP contribution in [0.5, 0.6) is 0 Å². The van der Waals surface area contributed by atoms with Gasteiger partial charge in [0.05, 0.1) is 11.8 Å². The van der Waals surface area contributed by atoms with E-state index in [1.54, 1.807) is 12.1 Å². The SMILES string of the molecule is O=C(Nc1ccc(NCC2CCCO2)c(F)c1)C1CCCCO1. The summed E-state index contributed by atoms with van der Waals surface area (Å²) in [6, 6.07) is 4.67. The highest BCUT2D eigenvalue weighted by molar-refractivity contribution is 5.94. The van der Waals surface area contributed by atoms with Crippen LogP contribution in [-0.2, 0) is 14.3 Å². The van der Waals surface area contributed by atoms with Gasteiger partial charge >= 0.3 is 0 Å². The van der Waals surface area contributed by atoms with E-state index in [2.05, 4.69) is 10.6 Å². The summed E-state index contributed by atoms with van der Waals surface area (Å²) < 4.78 is 25.1. The molecule has 2 N–H and O–H groups in total. The molecule has 1 aromatic carbocycles. The number of nitrogens with one attached hydrogen (secondary N) is 2. The molecule has 2 heterocycles. The number of rotatable bonds is 5. The lowest BCUT2D eigenvalue weighted by Gasteiger charge is -2.21. The molecule has 2 aliphatic rings. The minimum atomic E-state index is -0.427. The van der Waals surface area contributed by atoms with Crippen molar-refractivity contribution in [2.24, 2.45) is 0 Å². The number of hydrogen-bond acceptors (Lipinski definition) is 4. The van der Waals surface area contributed by atoms with E-state index in [0.29, 0.717) is 24.5 Å². The van der Waals surface area contributed by atoms with Crippen LogP contribution in [0.15, 0.2) is 18.2 Å². The summed E-state index contributed by atoms with van der Waals surface area (Å²) in [7, 11) is 0. The van der Waals surface area contributed by atoms with E-state index >= 15 is 0 Å². The fraction of sp³-hybridized carbons (Fsp3) is 0.588. The second-order valence-corrected chi connectivity index (χ2v) is 6.06. The smallest absolute Gasteiger partial charge is 0.253 e. The Morgan fingerprint density at radius 2 is 2.04 bits per heavy atom. The summed E-state index contributed by atoms with van der Waals surface area (Å²) in [5.74, 6) is -0.588. The van der Waals surface area contributed by atoms with E-state index in [1.807, 2.05) is 0 Å². The van der Waals surface area contributed by atoms with Crippen LogP contribution in [0.1, 0.15) is 32.1 Å². The molecule has 6 heteroatoms. The van der Waals surface area contributed by atoms with Gasteiger partial charge in [-0.2, -0.15) is 0 Å². The molecule has 2 atom stereocenters. The maximum absolute atomic E-state index is 14.1. The maximum Gasteiger partial charge on any atom is 0.253 e.